The molecule has 0 unspecified atom stereocenters. The fourth-order valence-electron chi connectivity index (χ4n) is 0. The van der Waals surface area contributed by atoms with Crippen LogP contribution in [0.4, 0.5) is 0 Å². The van der Waals surface area contributed by atoms with E-state index in [9.17, 15) is 0 Å². The SMILES string of the molecule is O=[N+]([O-])[O-].O=[N+]([O-])[O-].O=[N+]([O-])[O-].O=[N+]([O-])[O-].O=[N+]([O-])[O-].O=[N+]([O-])[O-].[Rh+3].[Rh+3]. The second-order valence-electron chi connectivity index (χ2n) is 1.34. The van der Waals surface area contributed by atoms with Crippen LogP contribution in [0.2, 0.25) is 0 Å². The van der Waals surface area contributed by atoms with E-state index in [4.69, 9.17) is 91.9 Å². The molecule has 24 nitrogen and oxygen atoms in total. The summed E-state index contributed by atoms with van der Waals surface area (Å²) in [7, 11) is 0. The van der Waals surface area contributed by atoms with Crippen molar-refractivity contribution in [1.82, 2.24) is 0 Å². The van der Waals surface area contributed by atoms with Crippen LogP contribution < -0.4 is 0 Å². The Bertz CT molecular complexity index is 261. The van der Waals surface area contributed by atoms with Gasteiger partial charge >= 0.3 is 39.0 Å². The molecule has 0 aliphatic heterocycles. The van der Waals surface area contributed by atoms with E-state index in [1.165, 1.54) is 0 Å². The molecule has 0 amide bonds. The van der Waals surface area contributed by atoms with Gasteiger partial charge in [-0.2, -0.15) is 0 Å². The summed E-state index contributed by atoms with van der Waals surface area (Å²) >= 11 is 0. The standard InChI is InChI=1S/6NO3.2Rh/c6*2-1(3)4;;/q6*-1;2*+3. The monoisotopic (exact) mass is 578 g/mol. The largest absolute Gasteiger partial charge is 3.00 e. The van der Waals surface area contributed by atoms with Gasteiger partial charge in [-0.05, 0) is 0 Å². The summed E-state index contributed by atoms with van der Waals surface area (Å²) in [5, 5.41) is 88.5. The molecule has 0 N–H and O–H groups in total. The van der Waals surface area contributed by atoms with E-state index in [0.29, 0.717) is 0 Å². The Morgan fingerprint density at radius 2 is 0.269 bits per heavy atom. The van der Waals surface area contributed by atoms with Gasteiger partial charge in [0.2, 0.25) is 0 Å². The van der Waals surface area contributed by atoms with Crippen LogP contribution in [0.25, 0.3) is 0 Å². The van der Waals surface area contributed by atoms with Crippen LogP contribution in [0.1, 0.15) is 0 Å². The van der Waals surface area contributed by atoms with Crippen molar-refractivity contribution in [3.05, 3.63) is 91.9 Å². The van der Waals surface area contributed by atoms with Crippen molar-refractivity contribution in [3.8, 4) is 0 Å². The van der Waals surface area contributed by atoms with Crippen LogP contribution in [0, 0.1) is 91.9 Å². The Morgan fingerprint density at radius 3 is 0.269 bits per heavy atom. The van der Waals surface area contributed by atoms with Gasteiger partial charge < -0.3 is 91.9 Å². The molecule has 0 fully saturated rings. The van der Waals surface area contributed by atoms with E-state index in [2.05, 4.69) is 0 Å². The Morgan fingerprint density at radius 1 is 0.269 bits per heavy atom. The third-order valence-electron chi connectivity index (χ3n) is 0. The Hall–Kier alpha value is -3.55. The molecule has 0 saturated carbocycles. The van der Waals surface area contributed by atoms with Gasteiger partial charge in [0, 0.05) is 0 Å². The van der Waals surface area contributed by atoms with Crippen LogP contribution in [-0.2, 0) is 39.0 Å². The molecule has 0 heterocycles. The molecule has 0 spiro atoms. The van der Waals surface area contributed by atoms with Gasteiger partial charge in [0.05, 0.1) is 30.5 Å². The normalized spacial score (nSPS) is 5.54. The number of hydrogen-bond donors (Lipinski definition) is 0. The Kier molecular flexibility index (Phi) is 81.7. The Labute approximate surface area is 162 Å². The van der Waals surface area contributed by atoms with Crippen molar-refractivity contribution in [2.45, 2.75) is 0 Å². The first-order valence-corrected chi connectivity index (χ1v) is 3.29. The molecular formula is N6O18Rh2. The molecule has 0 bridgehead atoms. The molecular weight excluding hydrogens is 578 g/mol. The maximum absolute atomic E-state index is 8.25. The maximum Gasteiger partial charge on any atom is 3.00 e. The van der Waals surface area contributed by atoms with E-state index in [-0.39, 0.29) is 39.0 Å². The zero-order valence-electron chi connectivity index (χ0n) is 10.7. The van der Waals surface area contributed by atoms with E-state index >= 15 is 0 Å². The molecule has 0 aliphatic rings. The van der Waals surface area contributed by atoms with Gasteiger partial charge in [0.25, 0.3) is 0 Å². The summed E-state index contributed by atoms with van der Waals surface area (Å²) in [5.74, 6) is 0. The summed E-state index contributed by atoms with van der Waals surface area (Å²) in [4.78, 5) is 49.5. The van der Waals surface area contributed by atoms with Gasteiger partial charge in [0.1, 0.15) is 0 Å². The third kappa shape index (κ3) is 612. The average molecular weight is 578 g/mol. The van der Waals surface area contributed by atoms with Crippen molar-refractivity contribution < 1.29 is 69.5 Å². The van der Waals surface area contributed by atoms with Crippen LogP contribution in [0.3, 0.4) is 0 Å². The van der Waals surface area contributed by atoms with E-state index in [0.717, 1.165) is 0 Å². The second-order valence-corrected chi connectivity index (χ2v) is 1.34. The molecule has 26 heavy (non-hydrogen) atoms. The predicted molar refractivity (Wildman–Crippen MR) is 62.2 cm³/mol. The number of nitrogens with zero attached hydrogens (tertiary/aromatic N) is 6. The van der Waals surface area contributed by atoms with Gasteiger partial charge in [-0.25, -0.2) is 0 Å². The summed E-state index contributed by atoms with van der Waals surface area (Å²) < 4.78 is 0. The van der Waals surface area contributed by atoms with Crippen LogP contribution in [-0.4, -0.2) is 30.5 Å². The minimum absolute atomic E-state index is 0. The molecule has 0 aliphatic carbocycles. The number of hydrogen-bond acceptors (Lipinski definition) is 18. The molecule has 0 radical (unpaired) electrons. The van der Waals surface area contributed by atoms with Crippen molar-refractivity contribution >= 4 is 0 Å². The van der Waals surface area contributed by atoms with Crippen molar-refractivity contribution in [2.75, 3.05) is 0 Å². The maximum atomic E-state index is 8.25. The second kappa shape index (κ2) is 43.0. The minimum Gasteiger partial charge on any atom is -0.356 e. The smallest absolute Gasteiger partial charge is 0.356 e. The molecule has 0 atom stereocenters. The molecule has 0 aromatic heterocycles. The zero-order chi connectivity index (χ0) is 21.5. The first-order valence-electron chi connectivity index (χ1n) is 3.29. The molecule has 0 rings (SSSR count). The van der Waals surface area contributed by atoms with Crippen LogP contribution in [0.15, 0.2) is 0 Å². The van der Waals surface area contributed by atoms with E-state index in [1.807, 2.05) is 0 Å². The van der Waals surface area contributed by atoms with Crippen LogP contribution >= 0.6 is 0 Å². The predicted octanol–water partition coefficient (Wildman–Crippen LogP) is -1.44. The topological polar surface area (TPSA) is 397 Å². The third-order valence-corrected chi connectivity index (χ3v) is 0. The molecule has 26 heteroatoms. The van der Waals surface area contributed by atoms with E-state index in [1.54, 1.807) is 0 Å². The molecule has 0 saturated heterocycles. The summed E-state index contributed by atoms with van der Waals surface area (Å²) in [6, 6.07) is 0. The molecule has 0 aromatic carbocycles. The minimum atomic E-state index is -1.75. The molecule has 0 aromatic rings. The van der Waals surface area contributed by atoms with Gasteiger partial charge in [-0.15, -0.1) is 0 Å². The van der Waals surface area contributed by atoms with Gasteiger partial charge in [0.15, 0.2) is 0 Å². The quantitative estimate of drug-likeness (QED) is 0.180. The zero-order valence-corrected chi connectivity index (χ0v) is 14.0. The first kappa shape index (κ1) is 49.5. The van der Waals surface area contributed by atoms with Crippen molar-refractivity contribution in [1.29, 1.82) is 0 Å². The molecule has 156 valence electrons. The van der Waals surface area contributed by atoms with Crippen molar-refractivity contribution in [2.24, 2.45) is 0 Å². The van der Waals surface area contributed by atoms with Gasteiger partial charge in [-0.1, -0.05) is 0 Å². The average Bonchev–Trinajstić information content (AvgIpc) is 2.08. The van der Waals surface area contributed by atoms with Crippen LogP contribution in [0.5, 0.6) is 0 Å². The fourth-order valence-corrected chi connectivity index (χ4v) is 0. The van der Waals surface area contributed by atoms with E-state index < -0.39 is 30.5 Å². The van der Waals surface area contributed by atoms with Crippen molar-refractivity contribution in [3.63, 3.8) is 0 Å². The summed E-state index contributed by atoms with van der Waals surface area (Å²) in [6.07, 6.45) is 0. The summed E-state index contributed by atoms with van der Waals surface area (Å²) in [5.41, 5.74) is 0. The summed E-state index contributed by atoms with van der Waals surface area (Å²) in [6.45, 7) is 0. The Balaban J connectivity index is -0.0000000245. The number of rotatable bonds is 0. The fraction of sp³-hybridized carbons (Fsp3) is 0. The first-order chi connectivity index (χ1) is 10.4. The van der Waals surface area contributed by atoms with Gasteiger partial charge in [-0.3, -0.25) is 0 Å².